The highest BCUT2D eigenvalue weighted by Gasteiger charge is 2.37. The Balaban J connectivity index is 1.41. The fourth-order valence-electron chi connectivity index (χ4n) is 4.41. The molecule has 0 spiro atoms. The van der Waals surface area contributed by atoms with Gasteiger partial charge in [-0.3, -0.25) is 9.59 Å². The number of alkyl halides is 3. The van der Waals surface area contributed by atoms with Crippen molar-refractivity contribution in [2.24, 2.45) is 0 Å². The van der Waals surface area contributed by atoms with E-state index in [2.05, 4.69) is 15.9 Å². The topological polar surface area (TPSA) is 37.4 Å². The number of rotatable bonds is 5. The summed E-state index contributed by atoms with van der Waals surface area (Å²) in [4.78, 5) is 25.9. The number of halogens is 5. The van der Waals surface area contributed by atoms with Crippen molar-refractivity contribution in [1.29, 1.82) is 0 Å². The Labute approximate surface area is 202 Å². The summed E-state index contributed by atoms with van der Waals surface area (Å²) in [6, 6.07) is 15.6. The highest BCUT2D eigenvalue weighted by Crippen LogP contribution is 2.32. The second-order valence-electron chi connectivity index (χ2n) is 8.52. The van der Waals surface area contributed by atoms with Crippen LogP contribution in [0.15, 0.2) is 59.1 Å². The molecule has 0 N–H and O–H groups in total. The average molecular weight is 536 g/mol. The quantitative estimate of drug-likeness (QED) is 0.336. The van der Waals surface area contributed by atoms with E-state index in [-0.39, 0.29) is 18.2 Å². The predicted molar refractivity (Wildman–Crippen MR) is 125 cm³/mol. The molecule has 0 atom stereocenters. The van der Waals surface area contributed by atoms with Crippen molar-refractivity contribution in [2.45, 2.75) is 37.8 Å². The Morgan fingerprint density at radius 2 is 1.74 bits per heavy atom. The summed E-state index contributed by atoms with van der Waals surface area (Å²) in [7, 11) is 0. The lowest BCUT2D eigenvalue weighted by atomic mass is 9.87. The van der Waals surface area contributed by atoms with Crippen LogP contribution in [0.2, 0.25) is 0 Å². The molecule has 1 amide bonds. The molecule has 4 rings (SSSR count). The van der Waals surface area contributed by atoms with E-state index in [9.17, 15) is 27.2 Å². The Bertz CT molecular complexity index is 1230. The van der Waals surface area contributed by atoms with E-state index in [1.807, 2.05) is 30.3 Å². The zero-order chi connectivity index (χ0) is 24.5. The van der Waals surface area contributed by atoms with Gasteiger partial charge in [0.1, 0.15) is 5.82 Å². The van der Waals surface area contributed by atoms with E-state index in [1.54, 1.807) is 17.0 Å². The van der Waals surface area contributed by atoms with Gasteiger partial charge in [0, 0.05) is 29.5 Å². The molecule has 0 radical (unpaired) electrons. The lowest BCUT2D eigenvalue weighted by Gasteiger charge is -2.32. The fourth-order valence-corrected chi connectivity index (χ4v) is 4.93. The SMILES string of the molecule is O=C(c1ccc2c(Br)cccc2c1)N1CCC(c2cc(CCC(=O)C(F)(F)F)ccc2F)CC1. The maximum Gasteiger partial charge on any atom is 0.449 e. The molecule has 0 unspecified atom stereocenters. The van der Waals surface area contributed by atoms with E-state index in [0.717, 1.165) is 15.2 Å². The summed E-state index contributed by atoms with van der Waals surface area (Å²) < 4.78 is 52.9. The number of hydrogen-bond acceptors (Lipinski definition) is 2. The maximum absolute atomic E-state index is 14.5. The van der Waals surface area contributed by atoms with Gasteiger partial charge >= 0.3 is 6.18 Å². The number of likely N-dealkylation sites (tertiary alicyclic amines) is 1. The van der Waals surface area contributed by atoms with Crippen molar-refractivity contribution in [3.8, 4) is 0 Å². The normalized spacial score (nSPS) is 15.0. The first-order chi connectivity index (χ1) is 16.1. The van der Waals surface area contributed by atoms with E-state index in [0.29, 0.717) is 42.6 Å². The molecule has 0 bridgehead atoms. The van der Waals surface area contributed by atoms with Gasteiger partial charge in [-0.25, -0.2) is 4.39 Å². The number of amides is 1. The summed E-state index contributed by atoms with van der Waals surface area (Å²) in [6.45, 7) is 0.909. The molecule has 0 aliphatic carbocycles. The first-order valence-corrected chi connectivity index (χ1v) is 11.8. The summed E-state index contributed by atoms with van der Waals surface area (Å²) in [5.74, 6) is -2.43. The molecule has 3 aromatic rings. The van der Waals surface area contributed by atoms with Crippen LogP contribution in [0, 0.1) is 5.82 Å². The van der Waals surface area contributed by atoms with Gasteiger partial charge in [-0.15, -0.1) is 0 Å². The number of fused-ring (bicyclic) bond motifs is 1. The van der Waals surface area contributed by atoms with Crippen LogP contribution >= 0.6 is 15.9 Å². The number of aryl methyl sites for hydroxylation is 1. The third-order valence-electron chi connectivity index (χ3n) is 6.31. The number of benzene rings is 3. The summed E-state index contributed by atoms with van der Waals surface area (Å²) >= 11 is 3.51. The van der Waals surface area contributed by atoms with Crippen molar-refractivity contribution in [1.82, 2.24) is 4.90 Å². The van der Waals surface area contributed by atoms with Gasteiger partial charge in [0.2, 0.25) is 5.78 Å². The molecular weight excluding hydrogens is 514 g/mol. The molecule has 178 valence electrons. The van der Waals surface area contributed by atoms with Crippen molar-refractivity contribution in [3.05, 3.63) is 81.6 Å². The second-order valence-corrected chi connectivity index (χ2v) is 9.37. The number of carbonyl (C=O) groups is 2. The van der Waals surface area contributed by atoms with Crippen LogP contribution in [-0.4, -0.2) is 35.9 Å². The minimum atomic E-state index is -4.86. The Morgan fingerprint density at radius 3 is 2.44 bits per heavy atom. The third-order valence-corrected chi connectivity index (χ3v) is 7.00. The van der Waals surface area contributed by atoms with E-state index in [1.165, 1.54) is 12.1 Å². The van der Waals surface area contributed by atoms with Gasteiger partial charge < -0.3 is 4.90 Å². The molecule has 1 aliphatic heterocycles. The van der Waals surface area contributed by atoms with Crippen LogP contribution < -0.4 is 0 Å². The Kier molecular flexibility index (Phi) is 7.07. The maximum atomic E-state index is 14.5. The number of ketones is 1. The molecule has 1 saturated heterocycles. The van der Waals surface area contributed by atoms with E-state index in [4.69, 9.17) is 0 Å². The minimum absolute atomic E-state index is 0.0831. The van der Waals surface area contributed by atoms with Crippen molar-refractivity contribution < 1.29 is 27.2 Å². The first kappa shape index (κ1) is 24.4. The van der Waals surface area contributed by atoms with Crippen LogP contribution in [-0.2, 0) is 11.2 Å². The summed E-state index contributed by atoms with van der Waals surface area (Å²) in [5.41, 5.74) is 1.51. The van der Waals surface area contributed by atoms with E-state index >= 15 is 0 Å². The van der Waals surface area contributed by atoms with Crippen LogP contribution in [0.3, 0.4) is 0 Å². The molecule has 0 aromatic heterocycles. The Hall–Kier alpha value is -2.74. The van der Waals surface area contributed by atoms with Crippen molar-refractivity contribution >= 4 is 38.4 Å². The first-order valence-electron chi connectivity index (χ1n) is 11.0. The lowest BCUT2D eigenvalue weighted by Crippen LogP contribution is -2.38. The zero-order valence-corrected chi connectivity index (χ0v) is 19.8. The number of hydrogen-bond donors (Lipinski definition) is 0. The predicted octanol–water partition coefficient (Wildman–Crippen LogP) is 6.83. The minimum Gasteiger partial charge on any atom is -0.339 e. The largest absolute Gasteiger partial charge is 0.449 e. The van der Waals surface area contributed by atoms with Gasteiger partial charge in [0.05, 0.1) is 0 Å². The van der Waals surface area contributed by atoms with Crippen molar-refractivity contribution in [2.75, 3.05) is 13.1 Å². The highest BCUT2D eigenvalue weighted by atomic mass is 79.9. The number of piperidine rings is 1. The van der Waals surface area contributed by atoms with Crippen LogP contribution in [0.25, 0.3) is 10.8 Å². The van der Waals surface area contributed by atoms with Gasteiger partial charge in [-0.2, -0.15) is 13.2 Å². The number of nitrogens with zero attached hydrogens (tertiary/aromatic N) is 1. The second kappa shape index (κ2) is 9.86. The average Bonchev–Trinajstić information content (AvgIpc) is 2.82. The molecular formula is C26H22BrF4NO2. The van der Waals surface area contributed by atoms with Crippen LogP contribution in [0.5, 0.6) is 0 Å². The molecule has 3 aromatic carbocycles. The van der Waals surface area contributed by atoms with Gasteiger partial charge in [-0.1, -0.05) is 46.3 Å². The molecule has 3 nitrogen and oxygen atoms in total. The van der Waals surface area contributed by atoms with Gasteiger partial charge in [0.15, 0.2) is 0 Å². The summed E-state index contributed by atoms with van der Waals surface area (Å²) in [5, 5.41) is 1.98. The van der Waals surface area contributed by atoms with Gasteiger partial charge in [0.25, 0.3) is 5.91 Å². The zero-order valence-electron chi connectivity index (χ0n) is 18.2. The molecule has 1 fully saturated rings. The monoisotopic (exact) mass is 535 g/mol. The van der Waals surface area contributed by atoms with Crippen LogP contribution in [0.1, 0.15) is 46.7 Å². The Morgan fingerprint density at radius 1 is 1.00 bits per heavy atom. The smallest absolute Gasteiger partial charge is 0.339 e. The summed E-state index contributed by atoms with van der Waals surface area (Å²) in [6.07, 6.45) is -4.52. The molecule has 8 heteroatoms. The standard InChI is InChI=1S/C26H22BrF4NO2/c27-22-3-1-2-18-15-19(6-7-20(18)22)25(34)32-12-10-17(11-13-32)21-14-16(4-8-23(21)28)5-9-24(33)26(29,30)31/h1-4,6-8,14-15,17H,5,9-13H2. The van der Waals surface area contributed by atoms with Gasteiger partial charge in [-0.05, 0) is 71.3 Å². The molecule has 34 heavy (non-hydrogen) atoms. The third kappa shape index (κ3) is 5.32. The molecule has 1 aliphatic rings. The molecule has 1 heterocycles. The number of Topliss-reactive ketones (excluding diaryl/α,β-unsaturated/α-hetero) is 1. The lowest BCUT2D eigenvalue weighted by molar-refractivity contribution is -0.171. The highest BCUT2D eigenvalue weighted by molar-refractivity contribution is 9.10. The van der Waals surface area contributed by atoms with Crippen LogP contribution in [0.4, 0.5) is 17.6 Å². The fraction of sp³-hybridized carbons (Fsp3) is 0.308. The number of carbonyl (C=O) groups excluding carboxylic acids is 2. The van der Waals surface area contributed by atoms with E-state index < -0.39 is 24.2 Å². The van der Waals surface area contributed by atoms with Crippen molar-refractivity contribution in [3.63, 3.8) is 0 Å². The molecule has 0 saturated carbocycles.